The summed E-state index contributed by atoms with van der Waals surface area (Å²) < 4.78 is 5.32. The number of hydrogen-bond acceptors (Lipinski definition) is 3. The van der Waals surface area contributed by atoms with Crippen molar-refractivity contribution >= 4 is 11.8 Å². The van der Waals surface area contributed by atoms with Gasteiger partial charge >= 0.3 is 0 Å². The Kier molecular flexibility index (Phi) is 6.84. The summed E-state index contributed by atoms with van der Waals surface area (Å²) in [5.74, 6) is 0.169. The summed E-state index contributed by atoms with van der Waals surface area (Å²) in [7, 11) is 0. The topological polar surface area (TPSA) is 58.6 Å². The maximum absolute atomic E-state index is 11.8. The van der Waals surface area contributed by atoms with Gasteiger partial charge in [-0.3, -0.25) is 9.59 Å². The number of carbonyl (C=O) groups excluding carboxylic acids is 2. The Labute approximate surface area is 115 Å². The van der Waals surface area contributed by atoms with Crippen molar-refractivity contribution < 1.29 is 14.3 Å². The van der Waals surface area contributed by atoms with Gasteiger partial charge in [0.25, 0.3) is 0 Å². The van der Waals surface area contributed by atoms with E-state index in [1.54, 1.807) is 0 Å². The smallest absolute Gasteiger partial charge is 0.248 e. The fourth-order valence-electron chi connectivity index (χ4n) is 2.13. The van der Waals surface area contributed by atoms with Crippen LogP contribution in [0.4, 0.5) is 0 Å². The van der Waals surface area contributed by atoms with Crippen LogP contribution in [0.25, 0.3) is 0 Å². The normalized spacial score (nSPS) is 16.7. The zero-order chi connectivity index (χ0) is 14.3. The number of nitrogens with zero attached hydrogens (tertiary/aromatic N) is 1. The largest absolute Gasteiger partial charge is 0.369 e. The molecule has 0 radical (unpaired) electrons. The molecule has 0 bridgehead atoms. The Balaban J connectivity index is 2.24. The van der Waals surface area contributed by atoms with Crippen molar-refractivity contribution in [3.05, 3.63) is 0 Å². The van der Waals surface area contributed by atoms with Crippen LogP contribution < -0.4 is 5.32 Å². The van der Waals surface area contributed by atoms with Crippen molar-refractivity contribution in [3.8, 4) is 0 Å². The number of rotatable bonds is 6. The Morgan fingerprint density at radius 2 is 1.95 bits per heavy atom. The van der Waals surface area contributed by atoms with Crippen molar-refractivity contribution in [2.75, 3.05) is 19.7 Å². The number of nitrogens with one attached hydrogen (secondary N) is 1. The minimum atomic E-state index is 0.0482. The van der Waals surface area contributed by atoms with Crippen LogP contribution >= 0.6 is 0 Å². The van der Waals surface area contributed by atoms with Gasteiger partial charge in [-0.1, -0.05) is 6.92 Å². The van der Waals surface area contributed by atoms with Gasteiger partial charge in [-0.2, -0.15) is 0 Å². The van der Waals surface area contributed by atoms with Crippen molar-refractivity contribution in [1.82, 2.24) is 10.2 Å². The van der Waals surface area contributed by atoms with Crippen LogP contribution in [0.1, 0.15) is 46.5 Å². The van der Waals surface area contributed by atoms with Crippen molar-refractivity contribution in [1.29, 1.82) is 0 Å². The maximum Gasteiger partial charge on any atom is 0.248 e. The molecule has 19 heavy (non-hydrogen) atoms. The van der Waals surface area contributed by atoms with E-state index in [-0.39, 0.29) is 30.6 Å². The predicted octanol–water partition coefficient (Wildman–Crippen LogP) is 1.32. The quantitative estimate of drug-likeness (QED) is 0.792. The third-order valence-corrected chi connectivity index (χ3v) is 3.23. The Morgan fingerprint density at radius 1 is 1.32 bits per heavy atom. The molecule has 1 saturated heterocycles. The first-order valence-electron chi connectivity index (χ1n) is 7.21. The highest BCUT2D eigenvalue weighted by atomic mass is 16.5. The fraction of sp³-hybridized carbons (Fsp3) is 0.857. The number of carbonyl (C=O) groups is 2. The molecule has 1 fully saturated rings. The molecule has 0 aromatic rings. The second-order valence-corrected chi connectivity index (χ2v) is 5.33. The molecule has 1 aliphatic rings. The summed E-state index contributed by atoms with van der Waals surface area (Å²) in [6, 6.07) is 0.217. The predicted molar refractivity (Wildman–Crippen MR) is 73.7 cm³/mol. The van der Waals surface area contributed by atoms with Crippen molar-refractivity contribution in [2.24, 2.45) is 0 Å². The van der Waals surface area contributed by atoms with Gasteiger partial charge in [0, 0.05) is 25.6 Å². The van der Waals surface area contributed by atoms with Gasteiger partial charge < -0.3 is 15.0 Å². The van der Waals surface area contributed by atoms with Gasteiger partial charge in [-0.25, -0.2) is 0 Å². The standard InChI is InChI=1S/C14H26N2O3/c1-4-5-13(17)15-12-6-8-16(9-7-12)14(18)10-19-11(2)3/h11-12H,4-10H2,1-3H3,(H,15,17). The van der Waals surface area contributed by atoms with Crippen LogP contribution in [-0.4, -0.2) is 48.6 Å². The molecule has 0 saturated carbocycles. The molecule has 5 heteroatoms. The first-order chi connectivity index (χ1) is 9.02. The molecular weight excluding hydrogens is 244 g/mol. The molecule has 1 aliphatic heterocycles. The van der Waals surface area contributed by atoms with E-state index in [1.807, 2.05) is 25.7 Å². The molecule has 0 aliphatic carbocycles. The lowest BCUT2D eigenvalue weighted by atomic mass is 10.0. The number of piperidine rings is 1. The molecule has 1 rings (SSSR count). The molecule has 5 nitrogen and oxygen atoms in total. The van der Waals surface area contributed by atoms with Gasteiger partial charge in [0.2, 0.25) is 11.8 Å². The lowest BCUT2D eigenvalue weighted by Crippen LogP contribution is -2.47. The SMILES string of the molecule is CCCC(=O)NC1CCN(C(=O)COC(C)C)CC1. The summed E-state index contributed by atoms with van der Waals surface area (Å²) in [6.45, 7) is 7.40. The van der Waals surface area contributed by atoms with Crippen LogP contribution in [-0.2, 0) is 14.3 Å². The van der Waals surface area contributed by atoms with Crippen LogP contribution in [0.5, 0.6) is 0 Å². The van der Waals surface area contributed by atoms with E-state index < -0.39 is 0 Å². The molecule has 1 N–H and O–H groups in total. The van der Waals surface area contributed by atoms with Crippen molar-refractivity contribution in [2.45, 2.75) is 58.6 Å². The van der Waals surface area contributed by atoms with Crippen molar-refractivity contribution in [3.63, 3.8) is 0 Å². The summed E-state index contributed by atoms with van der Waals surface area (Å²) in [5.41, 5.74) is 0. The van der Waals surface area contributed by atoms with Gasteiger partial charge in [0.1, 0.15) is 6.61 Å². The first-order valence-corrected chi connectivity index (χ1v) is 7.21. The molecular formula is C14H26N2O3. The molecule has 0 spiro atoms. The number of hydrogen-bond donors (Lipinski definition) is 1. The van der Waals surface area contributed by atoms with Gasteiger partial charge in [0.15, 0.2) is 0 Å². The highest BCUT2D eigenvalue weighted by Crippen LogP contribution is 2.11. The average molecular weight is 270 g/mol. The van der Waals surface area contributed by atoms with Gasteiger partial charge in [0.05, 0.1) is 6.10 Å². The lowest BCUT2D eigenvalue weighted by molar-refractivity contribution is -0.138. The van der Waals surface area contributed by atoms with E-state index in [4.69, 9.17) is 4.74 Å². The zero-order valence-corrected chi connectivity index (χ0v) is 12.3. The van der Waals surface area contributed by atoms with Gasteiger partial charge in [-0.15, -0.1) is 0 Å². The Morgan fingerprint density at radius 3 is 2.47 bits per heavy atom. The van der Waals surface area contributed by atoms with Crippen LogP contribution in [0.3, 0.4) is 0 Å². The van der Waals surface area contributed by atoms with Crippen LogP contribution in [0.15, 0.2) is 0 Å². The molecule has 2 amide bonds. The lowest BCUT2D eigenvalue weighted by Gasteiger charge is -2.32. The zero-order valence-electron chi connectivity index (χ0n) is 12.3. The highest BCUT2D eigenvalue weighted by Gasteiger charge is 2.23. The number of likely N-dealkylation sites (tertiary alicyclic amines) is 1. The highest BCUT2D eigenvalue weighted by molar-refractivity contribution is 5.78. The summed E-state index contributed by atoms with van der Waals surface area (Å²) in [5, 5.41) is 3.02. The molecule has 0 aromatic heterocycles. The second-order valence-electron chi connectivity index (χ2n) is 5.33. The molecule has 0 aromatic carbocycles. The Hall–Kier alpha value is -1.10. The number of amides is 2. The maximum atomic E-state index is 11.8. The second kappa shape index (κ2) is 8.15. The minimum absolute atomic E-state index is 0.0482. The van der Waals surface area contributed by atoms with Gasteiger partial charge in [-0.05, 0) is 33.1 Å². The molecule has 0 unspecified atom stereocenters. The molecule has 1 heterocycles. The third kappa shape index (κ3) is 6.05. The third-order valence-electron chi connectivity index (χ3n) is 3.23. The molecule has 110 valence electrons. The van der Waals surface area contributed by atoms with E-state index in [2.05, 4.69) is 5.32 Å². The minimum Gasteiger partial charge on any atom is -0.369 e. The van der Waals surface area contributed by atoms with Crippen LogP contribution in [0, 0.1) is 0 Å². The number of ether oxygens (including phenoxy) is 1. The van der Waals surface area contributed by atoms with Crippen LogP contribution in [0.2, 0.25) is 0 Å². The first kappa shape index (κ1) is 16.0. The van der Waals surface area contributed by atoms with E-state index in [1.165, 1.54) is 0 Å². The molecule has 0 atom stereocenters. The summed E-state index contributed by atoms with van der Waals surface area (Å²) in [4.78, 5) is 25.2. The average Bonchev–Trinajstić information content (AvgIpc) is 2.37. The fourth-order valence-corrected chi connectivity index (χ4v) is 2.13. The monoisotopic (exact) mass is 270 g/mol. The summed E-state index contributed by atoms with van der Waals surface area (Å²) in [6.07, 6.45) is 3.21. The van der Waals surface area contributed by atoms with E-state index in [0.29, 0.717) is 19.5 Å². The van der Waals surface area contributed by atoms with E-state index >= 15 is 0 Å². The van der Waals surface area contributed by atoms with E-state index in [0.717, 1.165) is 19.3 Å². The summed E-state index contributed by atoms with van der Waals surface area (Å²) >= 11 is 0. The van der Waals surface area contributed by atoms with E-state index in [9.17, 15) is 9.59 Å². The Bertz CT molecular complexity index is 297.